The second kappa shape index (κ2) is 7.47. The van der Waals surface area contributed by atoms with Crippen LogP contribution in [0.1, 0.15) is 24.0 Å². The Morgan fingerprint density at radius 3 is 2.21 bits per heavy atom. The van der Waals surface area contributed by atoms with E-state index >= 15 is 0 Å². The second-order valence-corrected chi connectivity index (χ2v) is 6.78. The number of hydrogen-bond acceptors (Lipinski definition) is 3. The van der Waals surface area contributed by atoms with Gasteiger partial charge in [0.25, 0.3) is 0 Å². The molecule has 2 aromatic carbocycles. The molecular weight excluding hydrogens is 300 g/mol. The van der Waals surface area contributed by atoms with E-state index in [4.69, 9.17) is 14.2 Å². The number of ether oxygens (including phenoxy) is 3. The zero-order valence-electron chi connectivity index (χ0n) is 13.8. The molecule has 2 aromatic rings. The largest absolute Gasteiger partial charge is 0.374 e. The normalized spacial score (nSPS) is 28.3. The fraction of sp³-hybridized carbons (Fsp3) is 0.429. The Kier molecular flexibility index (Phi) is 4.93. The van der Waals surface area contributed by atoms with Gasteiger partial charge in [-0.3, -0.25) is 0 Å². The van der Waals surface area contributed by atoms with Crippen LogP contribution in [0.4, 0.5) is 0 Å². The van der Waals surface area contributed by atoms with Crippen LogP contribution in [0.25, 0.3) is 0 Å². The van der Waals surface area contributed by atoms with Crippen LogP contribution in [0.3, 0.4) is 0 Å². The number of hydrogen-bond donors (Lipinski definition) is 0. The van der Waals surface area contributed by atoms with Gasteiger partial charge in [0.1, 0.15) is 6.10 Å². The van der Waals surface area contributed by atoms with Gasteiger partial charge < -0.3 is 14.2 Å². The zero-order valence-corrected chi connectivity index (χ0v) is 13.8. The SMILES string of the molecule is c1ccc(COCC2O[C@H]3CC3C[C@H]2OCc2ccccc2)cc1. The van der Waals surface area contributed by atoms with Crippen molar-refractivity contribution in [1.29, 1.82) is 0 Å². The first kappa shape index (κ1) is 15.8. The maximum absolute atomic E-state index is 6.18. The van der Waals surface area contributed by atoms with Crippen LogP contribution in [-0.4, -0.2) is 24.9 Å². The molecule has 24 heavy (non-hydrogen) atoms. The van der Waals surface area contributed by atoms with Gasteiger partial charge in [0.2, 0.25) is 0 Å². The predicted molar refractivity (Wildman–Crippen MR) is 92.5 cm³/mol. The maximum atomic E-state index is 6.18. The molecule has 0 radical (unpaired) electrons. The average Bonchev–Trinajstić information content (AvgIpc) is 3.40. The molecule has 1 saturated carbocycles. The fourth-order valence-corrected chi connectivity index (χ4v) is 3.36. The molecule has 2 unspecified atom stereocenters. The molecular formula is C21H24O3. The molecule has 3 heteroatoms. The minimum atomic E-state index is 0.0428. The molecule has 1 heterocycles. The van der Waals surface area contributed by atoms with E-state index in [1.54, 1.807) is 0 Å². The zero-order chi connectivity index (χ0) is 16.2. The first-order chi connectivity index (χ1) is 11.9. The molecule has 1 saturated heterocycles. The van der Waals surface area contributed by atoms with Crippen LogP contribution in [0.2, 0.25) is 0 Å². The Labute approximate surface area is 143 Å². The summed E-state index contributed by atoms with van der Waals surface area (Å²) < 4.78 is 18.2. The Morgan fingerprint density at radius 2 is 1.50 bits per heavy atom. The van der Waals surface area contributed by atoms with Gasteiger partial charge in [0, 0.05) is 0 Å². The van der Waals surface area contributed by atoms with Gasteiger partial charge in [-0.25, -0.2) is 0 Å². The molecule has 2 aliphatic rings. The number of rotatable bonds is 7. The first-order valence-electron chi connectivity index (χ1n) is 8.81. The summed E-state index contributed by atoms with van der Waals surface area (Å²) in [6, 6.07) is 20.6. The molecule has 126 valence electrons. The highest BCUT2D eigenvalue weighted by Gasteiger charge is 2.48. The molecule has 4 rings (SSSR count). The molecule has 0 amide bonds. The fourth-order valence-electron chi connectivity index (χ4n) is 3.36. The Morgan fingerprint density at radius 1 is 0.833 bits per heavy atom. The van der Waals surface area contributed by atoms with Crippen LogP contribution < -0.4 is 0 Å². The summed E-state index contributed by atoms with van der Waals surface area (Å²) in [5, 5.41) is 0. The van der Waals surface area contributed by atoms with Gasteiger partial charge in [-0.2, -0.15) is 0 Å². The van der Waals surface area contributed by atoms with Crippen LogP contribution >= 0.6 is 0 Å². The number of benzene rings is 2. The smallest absolute Gasteiger partial charge is 0.107 e. The maximum Gasteiger partial charge on any atom is 0.107 e. The lowest BCUT2D eigenvalue weighted by molar-refractivity contribution is -0.142. The third-order valence-electron chi connectivity index (χ3n) is 4.86. The van der Waals surface area contributed by atoms with Gasteiger partial charge >= 0.3 is 0 Å². The van der Waals surface area contributed by atoms with Gasteiger partial charge in [0.05, 0.1) is 32.0 Å². The minimum absolute atomic E-state index is 0.0428. The van der Waals surface area contributed by atoms with Crippen molar-refractivity contribution >= 4 is 0 Å². The van der Waals surface area contributed by atoms with Crippen LogP contribution in [0, 0.1) is 5.92 Å². The van der Waals surface area contributed by atoms with Crippen LogP contribution in [-0.2, 0) is 27.4 Å². The molecule has 3 nitrogen and oxygen atoms in total. The van der Waals surface area contributed by atoms with Crippen LogP contribution in [0.15, 0.2) is 60.7 Å². The van der Waals surface area contributed by atoms with E-state index < -0.39 is 0 Å². The van der Waals surface area contributed by atoms with Crippen molar-refractivity contribution in [2.24, 2.45) is 5.92 Å². The molecule has 1 aliphatic heterocycles. The summed E-state index contributed by atoms with van der Waals surface area (Å²) in [6.07, 6.45) is 2.88. The van der Waals surface area contributed by atoms with Crippen molar-refractivity contribution in [3.8, 4) is 0 Å². The first-order valence-corrected chi connectivity index (χ1v) is 8.81. The Balaban J connectivity index is 1.29. The topological polar surface area (TPSA) is 27.7 Å². The molecule has 2 fully saturated rings. The van der Waals surface area contributed by atoms with Crippen molar-refractivity contribution in [1.82, 2.24) is 0 Å². The van der Waals surface area contributed by atoms with Gasteiger partial charge in [0.15, 0.2) is 0 Å². The van der Waals surface area contributed by atoms with E-state index in [0.29, 0.717) is 31.8 Å². The van der Waals surface area contributed by atoms with Crippen molar-refractivity contribution < 1.29 is 14.2 Å². The molecule has 0 aromatic heterocycles. The second-order valence-electron chi connectivity index (χ2n) is 6.78. The number of fused-ring (bicyclic) bond motifs is 1. The highest BCUT2D eigenvalue weighted by atomic mass is 16.6. The summed E-state index contributed by atoms with van der Waals surface area (Å²) in [6.45, 7) is 1.86. The van der Waals surface area contributed by atoms with Crippen molar-refractivity contribution in [2.45, 2.75) is 44.4 Å². The molecule has 4 atom stereocenters. The quantitative estimate of drug-likeness (QED) is 0.771. The molecule has 0 bridgehead atoms. The van der Waals surface area contributed by atoms with E-state index in [1.807, 2.05) is 36.4 Å². The summed E-state index contributed by atoms with van der Waals surface area (Å²) in [5.74, 6) is 0.691. The van der Waals surface area contributed by atoms with E-state index in [1.165, 1.54) is 17.5 Å². The Bertz CT molecular complexity index is 628. The van der Waals surface area contributed by atoms with E-state index in [0.717, 1.165) is 6.42 Å². The lowest BCUT2D eigenvalue weighted by Gasteiger charge is -2.31. The van der Waals surface area contributed by atoms with E-state index in [-0.39, 0.29) is 12.2 Å². The monoisotopic (exact) mass is 324 g/mol. The standard InChI is InChI=1S/C21H24O3/c1-3-7-16(8-4-1)13-22-15-21-20(12-18-11-19(18)24-21)23-14-17-9-5-2-6-10-17/h1-10,18-21H,11-15H2/t18?,19-,20+,21?/m0/s1. The summed E-state index contributed by atoms with van der Waals surface area (Å²) in [7, 11) is 0. The summed E-state index contributed by atoms with van der Waals surface area (Å²) in [5.41, 5.74) is 2.40. The van der Waals surface area contributed by atoms with E-state index in [2.05, 4.69) is 24.3 Å². The van der Waals surface area contributed by atoms with Gasteiger partial charge in [-0.05, 0) is 29.9 Å². The minimum Gasteiger partial charge on any atom is -0.374 e. The predicted octanol–water partition coefficient (Wildman–Crippen LogP) is 3.97. The highest BCUT2D eigenvalue weighted by molar-refractivity contribution is 5.14. The molecule has 0 spiro atoms. The third-order valence-corrected chi connectivity index (χ3v) is 4.86. The van der Waals surface area contributed by atoms with Crippen molar-refractivity contribution in [3.05, 3.63) is 71.8 Å². The van der Waals surface area contributed by atoms with Crippen LogP contribution in [0.5, 0.6) is 0 Å². The van der Waals surface area contributed by atoms with Gasteiger partial charge in [-0.1, -0.05) is 60.7 Å². The molecule has 0 N–H and O–H groups in total. The lowest BCUT2D eigenvalue weighted by atomic mass is 10.0. The van der Waals surface area contributed by atoms with E-state index in [9.17, 15) is 0 Å². The Hall–Kier alpha value is -1.68. The van der Waals surface area contributed by atoms with Gasteiger partial charge in [-0.15, -0.1) is 0 Å². The lowest BCUT2D eigenvalue weighted by Crippen LogP contribution is -2.40. The van der Waals surface area contributed by atoms with Crippen molar-refractivity contribution in [3.63, 3.8) is 0 Å². The average molecular weight is 324 g/mol. The highest BCUT2D eigenvalue weighted by Crippen LogP contribution is 2.44. The van der Waals surface area contributed by atoms with Crippen molar-refractivity contribution in [2.75, 3.05) is 6.61 Å². The summed E-state index contributed by atoms with van der Waals surface area (Å²) in [4.78, 5) is 0. The third kappa shape index (κ3) is 4.04. The molecule has 1 aliphatic carbocycles. The summed E-state index contributed by atoms with van der Waals surface area (Å²) >= 11 is 0.